The summed E-state index contributed by atoms with van der Waals surface area (Å²) in [5.41, 5.74) is 1.90. The van der Waals surface area contributed by atoms with Crippen LogP contribution in [0, 0.1) is 34.5 Å². The van der Waals surface area contributed by atoms with Crippen LogP contribution < -0.4 is 10.6 Å². The quantitative estimate of drug-likeness (QED) is 0.405. The Morgan fingerprint density at radius 2 is 1.78 bits per heavy atom. The fraction of sp³-hybridized carbons (Fsp3) is 0.531. The predicted molar refractivity (Wildman–Crippen MR) is 160 cm³/mol. The highest BCUT2D eigenvalue weighted by atomic mass is 32.2. The molecule has 1 aliphatic heterocycles. The number of carbonyl (C=O) groups excluding carboxylic acids is 2. The van der Waals surface area contributed by atoms with Gasteiger partial charge in [0.25, 0.3) is 5.91 Å². The van der Waals surface area contributed by atoms with Crippen LogP contribution in [-0.4, -0.2) is 43.0 Å². The molecule has 5 unspecified atom stereocenters. The molecular weight excluding hydrogens is 555 g/mol. The number of thioether (sulfide) groups is 1. The van der Waals surface area contributed by atoms with E-state index in [1.807, 2.05) is 11.8 Å². The zero-order valence-corrected chi connectivity index (χ0v) is 24.8. The van der Waals surface area contributed by atoms with Crippen LogP contribution in [-0.2, 0) is 21.1 Å². The Hall–Kier alpha value is -2.83. The van der Waals surface area contributed by atoms with Crippen molar-refractivity contribution < 1.29 is 18.0 Å². The van der Waals surface area contributed by atoms with Crippen molar-refractivity contribution >= 4 is 39.1 Å². The Kier molecular flexibility index (Phi) is 7.90. The van der Waals surface area contributed by atoms with Crippen LogP contribution in [0.4, 0.5) is 5.69 Å². The van der Waals surface area contributed by atoms with Crippen molar-refractivity contribution in [3.63, 3.8) is 0 Å². The highest BCUT2D eigenvalue weighted by Crippen LogP contribution is 2.60. The highest BCUT2D eigenvalue weighted by Gasteiger charge is 2.53. The molecule has 2 N–H and O–H groups in total. The lowest BCUT2D eigenvalue weighted by molar-refractivity contribution is -0.115. The Morgan fingerprint density at radius 3 is 2.49 bits per heavy atom. The minimum Gasteiger partial charge on any atom is -0.335 e. The van der Waals surface area contributed by atoms with Crippen molar-refractivity contribution in [1.82, 2.24) is 5.32 Å². The van der Waals surface area contributed by atoms with Crippen LogP contribution in [0.5, 0.6) is 0 Å². The van der Waals surface area contributed by atoms with Gasteiger partial charge in [-0.15, -0.1) is 0 Å². The van der Waals surface area contributed by atoms with E-state index in [0.29, 0.717) is 16.1 Å². The van der Waals surface area contributed by atoms with Gasteiger partial charge in [0, 0.05) is 16.5 Å². The average Bonchev–Trinajstić information content (AvgIpc) is 3.86. The maximum atomic E-state index is 13.1. The minimum atomic E-state index is -3.28. The summed E-state index contributed by atoms with van der Waals surface area (Å²) in [5, 5.41) is 16.0. The maximum Gasteiger partial charge on any atom is 0.252 e. The third-order valence-corrected chi connectivity index (χ3v) is 12.9. The first-order chi connectivity index (χ1) is 19.7. The number of rotatable bonds is 9. The lowest BCUT2D eigenvalue weighted by Crippen LogP contribution is -2.47. The Morgan fingerprint density at radius 1 is 1.02 bits per heavy atom. The van der Waals surface area contributed by atoms with Gasteiger partial charge >= 0.3 is 0 Å². The molecule has 3 aliphatic carbocycles. The number of benzene rings is 2. The summed E-state index contributed by atoms with van der Waals surface area (Å²) in [6.07, 6.45) is 9.43. The maximum absolute atomic E-state index is 13.1. The third kappa shape index (κ3) is 6.49. The number of anilines is 1. The third-order valence-electron chi connectivity index (χ3n) is 9.45. The van der Waals surface area contributed by atoms with E-state index in [1.165, 1.54) is 25.7 Å². The van der Waals surface area contributed by atoms with Gasteiger partial charge < -0.3 is 10.6 Å². The molecule has 216 valence electrons. The normalized spacial score (nSPS) is 27.7. The summed E-state index contributed by atoms with van der Waals surface area (Å²) in [6.45, 7) is 0. The molecule has 0 radical (unpaired) electrons. The molecule has 2 aromatic rings. The minimum absolute atomic E-state index is 0.109. The second-order valence-electron chi connectivity index (χ2n) is 12.5. The van der Waals surface area contributed by atoms with Crippen LogP contribution in [0.25, 0.3) is 0 Å². The molecule has 41 heavy (non-hydrogen) atoms. The fourth-order valence-corrected chi connectivity index (χ4v) is 10.4. The molecule has 2 aromatic carbocycles. The Labute approximate surface area is 246 Å². The van der Waals surface area contributed by atoms with Crippen molar-refractivity contribution in [3.8, 4) is 6.07 Å². The van der Waals surface area contributed by atoms with E-state index in [1.54, 1.807) is 48.5 Å². The molecule has 3 saturated carbocycles. The monoisotopic (exact) mass is 591 g/mol. The van der Waals surface area contributed by atoms with Crippen LogP contribution in [0.15, 0.2) is 53.4 Å². The molecule has 5 atom stereocenters. The van der Waals surface area contributed by atoms with Gasteiger partial charge in [-0.05, 0) is 109 Å². The molecule has 4 aliphatic rings. The molecule has 1 spiro atoms. The van der Waals surface area contributed by atoms with Crippen molar-refractivity contribution in [2.45, 2.75) is 74.0 Å². The summed E-state index contributed by atoms with van der Waals surface area (Å²) in [4.78, 5) is 26.0. The zero-order chi connectivity index (χ0) is 28.6. The van der Waals surface area contributed by atoms with Crippen LogP contribution in [0.2, 0.25) is 0 Å². The van der Waals surface area contributed by atoms with E-state index in [9.17, 15) is 23.3 Å². The Bertz CT molecular complexity index is 1450. The lowest BCUT2D eigenvalue weighted by atomic mass is 9.72. The number of nitrogens with zero attached hydrogens (tertiary/aromatic N) is 1. The number of hydrogen-bond donors (Lipinski definition) is 2. The summed E-state index contributed by atoms with van der Waals surface area (Å²) < 4.78 is 24.9. The molecule has 7 nitrogen and oxygen atoms in total. The van der Waals surface area contributed by atoms with E-state index < -0.39 is 15.9 Å². The molecule has 0 bridgehead atoms. The Balaban J connectivity index is 1.03. The van der Waals surface area contributed by atoms with E-state index in [4.69, 9.17) is 0 Å². The number of amides is 2. The van der Waals surface area contributed by atoms with E-state index in [2.05, 4.69) is 16.7 Å². The van der Waals surface area contributed by atoms with Gasteiger partial charge in [-0.1, -0.05) is 25.0 Å². The standard InChI is InChI=1S/C32H37N3O4S2/c33-19-28(30-32(14-15-40-30)13-1-2-24-17-25(24)18-32)35-31(37)23-7-9-26(10-8-23)34-29(36)16-21-5-11-27(12-6-21)41(38,39)20-22-3-4-22/h5-12,22,24-25,28,30H,1-4,13-18,20H2,(H,34,36)(H,35,37). The molecule has 2 amide bonds. The number of carbonyl (C=O) groups is 2. The first-order valence-electron chi connectivity index (χ1n) is 14.8. The molecule has 0 aromatic heterocycles. The first kappa shape index (κ1) is 28.3. The topological polar surface area (TPSA) is 116 Å². The van der Waals surface area contributed by atoms with E-state index in [0.717, 1.165) is 48.8 Å². The summed E-state index contributed by atoms with van der Waals surface area (Å²) in [7, 11) is -3.28. The molecular formula is C32H37N3O4S2. The van der Waals surface area contributed by atoms with Crippen LogP contribution in [0.3, 0.4) is 0 Å². The van der Waals surface area contributed by atoms with E-state index >= 15 is 0 Å². The van der Waals surface area contributed by atoms with Gasteiger partial charge in [-0.25, -0.2) is 8.42 Å². The van der Waals surface area contributed by atoms with E-state index in [-0.39, 0.29) is 40.6 Å². The largest absolute Gasteiger partial charge is 0.335 e. The number of sulfone groups is 1. The van der Waals surface area contributed by atoms with Crippen molar-refractivity contribution in [2.24, 2.45) is 23.2 Å². The predicted octanol–water partition coefficient (Wildman–Crippen LogP) is 5.38. The van der Waals surface area contributed by atoms with Crippen molar-refractivity contribution in [3.05, 3.63) is 59.7 Å². The van der Waals surface area contributed by atoms with Crippen LogP contribution in [0.1, 0.15) is 67.3 Å². The fourth-order valence-electron chi connectivity index (χ4n) is 6.90. The molecule has 1 saturated heterocycles. The molecule has 9 heteroatoms. The van der Waals surface area contributed by atoms with Gasteiger partial charge in [0.2, 0.25) is 5.91 Å². The molecule has 6 rings (SSSR count). The number of hydrogen-bond acceptors (Lipinski definition) is 6. The summed E-state index contributed by atoms with van der Waals surface area (Å²) in [5.74, 6) is 2.72. The molecule has 4 fully saturated rings. The van der Waals surface area contributed by atoms with Crippen LogP contribution >= 0.6 is 11.8 Å². The van der Waals surface area contributed by atoms with Gasteiger partial charge in [0.15, 0.2) is 9.84 Å². The number of nitriles is 1. The summed E-state index contributed by atoms with van der Waals surface area (Å²) in [6, 6.07) is 15.1. The smallest absolute Gasteiger partial charge is 0.252 e. The van der Waals surface area contributed by atoms with Crippen molar-refractivity contribution in [1.29, 1.82) is 5.26 Å². The zero-order valence-electron chi connectivity index (χ0n) is 23.2. The van der Waals surface area contributed by atoms with Gasteiger partial charge in [0.1, 0.15) is 6.04 Å². The lowest BCUT2D eigenvalue weighted by Gasteiger charge is -2.37. The molecule has 1 heterocycles. The number of fused-ring (bicyclic) bond motifs is 1. The van der Waals surface area contributed by atoms with Gasteiger partial charge in [-0.2, -0.15) is 17.0 Å². The summed E-state index contributed by atoms with van der Waals surface area (Å²) >= 11 is 1.85. The second-order valence-corrected chi connectivity index (χ2v) is 15.8. The van der Waals surface area contributed by atoms with Gasteiger partial charge in [-0.3, -0.25) is 9.59 Å². The first-order valence-corrected chi connectivity index (χ1v) is 17.5. The average molecular weight is 592 g/mol. The SMILES string of the molecule is N#CC(NC(=O)c1ccc(NC(=O)Cc2ccc(S(=O)(=O)CC3CC3)cc2)cc1)C1SCCC12CCCC1CC1C2. The number of nitrogens with one attached hydrogen (secondary N) is 2. The van der Waals surface area contributed by atoms with Gasteiger partial charge in [0.05, 0.1) is 23.1 Å². The highest BCUT2D eigenvalue weighted by molar-refractivity contribution is 8.00. The van der Waals surface area contributed by atoms with Crippen molar-refractivity contribution in [2.75, 3.05) is 16.8 Å². The second kappa shape index (κ2) is 11.4.